The van der Waals surface area contributed by atoms with E-state index in [0.29, 0.717) is 11.4 Å². The van der Waals surface area contributed by atoms with Crippen molar-refractivity contribution >= 4 is 43.5 Å². The van der Waals surface area contributed by atoms with Crippen molar-refractivity contribution in [3.63, 3.8) is 0 Å². The molecule has 0 bridgehead atoms. The van der Waals surface area contributed by atoms with Gasteiger partial charge in [-0.15, -0.1) is 0 Å². The highest BCUT2D eigenvalue weighted by atomic mass is 79.9. The zero-order valence-electron chi connectivity index (χ0n) is 26.7. The third-order valence-electron chi connectivity index (χ3n) is 7.26. The average molecular weight is 707 g/mol. The zero-order chi connectivity index (χ0) is 33.5. The normalized spacial score (nSPS) is 12.2. The highest BCUT2D eigenvalue weighted by Gasteiger charge is 2.35. The lowest BCUT2D eigenvalue weighted by Gasteiger charge is -2.35. The summed E-state index contributed by atoms with van der Waals surface area (Å²) in [6.45, 7) is 7.10. The molecule has 242 valence electrons. The van der Waals surface area contributed by atoms with E-state index in [-0.39, 0.29) is 23.8 Å². The quantitative estimate of drug-likeness (QED) is 0.181. The summed E-state index contributed by atoms with van der Waals surface area (Å²) in [5.41, 5.74) is 2.35. The molecule has 0 aromatic heterocycles. The Balaban J connectivity index is 1.81. The minimum Gasteiger partial charge on any atom is -0.497 e. The topological polar surface area (TPSA) is 96.0 Å². The molecule has 1 atom stereocenters. The van der Waals surface area contributed by atoms with E-state index >= 15 is 0 Å². The Morgan fingerprint density at radius 2 is 1.50 bits per heavy atom. The molecule has 0 spiro atoms. The predicted octanol–water partition coefficient (Wildman–Crippen LogP) is 6.52. The number of amides is 2. The number of nitrogens with zero attached hydrogens (tertiary/aromatic N) is 2. The number of benzene rings is 4. The molecule has 0 unspecified atom stereocenters. The van der Waals surface area contributed by atoms with E-state index in [0.717, 1.165) is 25.5 Å². The molecule has 0 saturated heterocycles. The van der Waals surface area contributed by atoms with Gasteiger partial charge in [-0.3, -0.25) is 13.9 Å². The van der Waals surface area contributed by atoms with E-state index in [1.165, 1.54) is 24.1 Å². The van der Waals surface area contributed by atoms with E-state index in [1.807, 2.05) is 82.3 Å². The first-order valence-electron chi connectivity index (χ1n) is 14.9. The second-order valence-electron chi connectivity index (χ2n) is 12.1. The molecule has 0 aliphatic heterocycles. The number of hydrogen-bond donors (Lipinski definition) is 1. The molecule has 0 aliphatic rings. The number of aryl methyl sites for hydroxylation is 1. The first-order chi connectivity index (χ1) is 21.8. The van der Waals surface area contributed by atoms with Crippen LogP contribution >= 0.6 is 15.9 Å². The summed E-state index contributed by atoms with van der Waals surface area (Å²) in [4.78, 5) is 30.0. The number of carbonyl (C=O) groups excluding carboxylic acids is 2. The van der Waals surface area contributed by atoms with Crippen molar-refractivity contribution in [2.45, 2.75) is 57.1 Å². The van der Waals surface area contributed by atoms with Gasteiger partial charge in [0.05, 0.1) is 17.7 Å². The van der Waals surface area contributed by atoms with Crippen molar-refractivity contribution in [3.05, 3.63) is 124 Å². The fourth-order valence-electron chi connectivity index (χ4n) is 4.95. The van der Waals surface area contributed by atoms with Gasteiger partial charge in [-0.2, -0.15) is 0 Å². The first-order valence-corrected chi connectivity index (χ1v) is 17.1. The first kappa shape index (κ1) is 34.7. The average Bonchev–Trinajstić information content (AvgIpc) is 3.01. The molecular weight excluding hydrogens is 666 g/mol. The minimum absolute atomic E-state index is 0.00604. The molecule has 46 heavy (non-hydrogen) atoms. The van der Waals surface area contributed by atoms with Crippen LogP contribution in [-0.2, 0) is 32.6 Å². The number of nitrogens with one attached hydrogen (secondary N) is 1. The Labute approximate surface area is 280 Å². The van der Waals surface area contributed by atoms with Crippen LogP contribution in [0.1, 0.15) is 37.5 Å². The van der Waals surface area contributed by atoms with Gasteiger partial charge in [0.1, 0.15) is 18.3 Å². The monoisotopic (exact) mass is 705 g/mol. The van der Waals surface area contributed by atoms with Gasteiger partial charge < -0.3 is 15.0 Å². The van der Waals surface area contributed by atoms with Crippen molar-refractivity contribution in [1.29, 1.82) is 0 Å². The maximum absolute atomic E-state index is 14.6. The number of anilines is 1. The van der Waals surface area contributed by atoms with Crippen LogP contribution in [0, 0.1) is 6.92 Å². The summed E-state index contributed by atoms with van der Waals surface area (Å²) < 4.78 is 35.5. The van der Waals surface area contributed by atoms with Gasteiger partial charge in [-0.05, 0) is 87.4 Å². The molecule has 0 saturated carbocycles. The summed E-state index contributed by atoms with van der Waals surface area (Å²) in [7, 11) is -2.71. The van der Waals surface area contributed by atoms with Gasteiger partial charge in [-0.1, -0.05) is 76.1 Å². The third kappa shape index (κ3) is 9.20. The van der Waals surface area contributed by atoms with Crippen molar-refractivity contribution in [3.8, 4) is 5.75 Å². The lowest BCUT2D eigenvalue weighted by atomic mass is 10.0. The molecule has 4 aromatic carbocycles. The Morgan fingerprint density at radius 3 is 2.09 bits per heavy atom. The summed E-state index contributed by atoms with van der Waals surface area (Å²) >= 11 is 3.51. The molecule has 0 heterocycles. The minimum atomic E-state index is -4.21. The third-order valence-corrected chi connectivity index (χ3v) is 9.54. The fraction of sp³-hybridized carbons (Fsp3) is 0.278. The number of rotatable bonds is 12. The predicted molar refractivity (Wildman–Crippen MR) is 185 cm³/mol. The molecule has 4 rings (SSSR count). The summed E-state index contributed by atoms with van der Waals surface area (Å²) in [5, 5.41) is 3.04. The molecule has 8 nitrogen and oxygen atoms in total. The molecule has 1 N–H and O–H groups in total. The molecule has 10 heteroatoms. The van der Waals surface area contributed by atoms with Crippen molar-refractivity contribution in [2.24, 2.45) is 0 Å². The second-order valence-corrected chi connectivity index (χ2v) is 14.9. The van der Waals surface area contributed by atoms with Crippen LogP contribution in [0.4, 0.5) is 5.69 Å². The molecule has 2 amide bonds. The van der Waals surface area contributed by atoms with Crippen LogP contribution in [-0.4, -0.2) is 50.4 Å². The van der Waals surface area contributed by atoms with Crippen LogP contribution < -0.4 is 14.4 Å². The highest BCUT2D eigenvalue weighted by molar-refractivity contribution is 9.10. The lowest BCUT2D eigenvalue weighted by Crippen LogP contribution is -2.56. The molecule has 0 aliphatic carbocycles. The van der Waals surface area contributed by atoms with Gasteiger partial charge in [0.25, 0.3) is 10.0 Å². The van der Waals surface area contributed by atoms with E-state index in [2.05, 4.69) is 21.2 Å². The van der Waals surface area contributed by atoms with Crippen LogP contribution in [0.3, 0.4) is 0 Å². The van der Waals surface area contributed by atoms with Gasteiger partial charge in [0.2, 0.25) is 11.8 Å². The Kier molecular flexibility index (Phi) is 11.3. The Bertz CT molecular complexity index is 1740. The number of ether oxygens (including phenoxy) is 1. The van der Waals surface area contributed by atoms with Gasteiger partial charge in [0.15, 0.2) is 0 Å². The highest BCUT2D eigenvalue weighted by Crippen LogP contribution is 2.27. The maximum Gasteiger partial charge on any atom is 0.264 e. The lowest BCUT2D eigenvalue weighted by molar-refractivity contribution is -0.140. The molecule has 0 fully saturated rings. The number of methoxy groups -OCH3 is 1. The van der Waals surface area contributed by atoms with Crippen LogP contribution in [0.2, 0.25) is 0 Å². The van der Waals surface area contributed by atoms with Crippen LogP contribution in [0.25, 0.3) is 0 Å². The number of hydrogen-bond acceptors (Lipinski definition) is 5. The van der Waals surface area contributed by atoms with Crippen molar-refractivity contribution in [2.75, 3.05) is 18.0 Å². The number of halogens is 1. The molecular formula is C36H40BrN3O5S. The number of sulfonamides is 1. The standard InChI is InChI=1S/C36H40BrN3O5S/c1-26-14-16-30(17-15-26)40(46(43,44)32-20-18-31(45-5)19-21-32)25-34(41)39(24-28-12-9-13-29(37)22-28)33(35(42)38-36(2,3)4)23-27-10-7-6-8-11-27/h6-22,33H,23-25H2,1-5H3,(H,38,42)/t33-/m1/s1. The smallest absolute Gasteiger partial charge is 0.264 e. The van der Waals surface area contributed by atoms with E-state index in [4.69, 9.17) is 4.74 Å². The van der Waals surface area contributed by atoms with Crippen LogP contribution in [0.15, 0.2) is 112 Å². The number of carbonyl (C=O) groups is 2. The Hall–Kier alpha value is -4.15. The van der Waals surface area contributed by atoms with Crippen molar-refractivity contribution < 1.29 is 22.7 Å². The summed E-state index contributed by atoms with van der Waals surface area (Å²) in [5.74, 6) is -0.354. The Morgan fingerprint density at radius 1 is 0.870 bits per heavy atom. The fourth-order valence-corrected chi connectivity index (χ4v) is 6.81. The van der Waals surface area contributed by atoms with E-state index in [1.54, 1.807) is 36.4 Å². The van der Waals surface area contributed by atoms with E-state index in [9.17, 15) is 18.0 Å². The maximum atomic E-state index is 14.6. The second kappa shape index (κ2) is 15.0. The molecule has 4 aromatic rings. The van der Waals surface area contributed by atoms with Gasteiger partial charge >= 0.3 is 0 Å². The van der Waals surface area contributed by atoms with Crippen LogP contribution in [0.5, 0.6) is 5.75 Å². The van der Waals surface area contributed by atoms with Gasteiger partial charge in [0, 0.05) is 23.0 Å². The SMILES string of the molecule is COc1ccc(S(=O)(=O)N(CC(=O)N(Cc2cccc(Br)c2)[C@H](Cc2ccccc2)C(=O)NC(C)(C)C)c2ccc(C)cc2)cc1. The zero-order valence-corrected chi connectivity index (χ0v) is 29.1. The molecule has 0 radical (unpaired) electrons. The summed E-state index contributed by atoms with van der Waals surface area (Å²) in [6, 6.07) is 29.0. The van der Waals surface area contributed by atoms with Gasteiger partial charge in [-0.25, -0.2) is 8.42 Å². The van der Waals surface area contributed by atoms with Crippen molar-refractivity contribution in [1.82, 2.24) is 10.2 Å². The largest absolute Gasteiger partial charge is 0.497 e. The van der Waals surface area contributed by atoms with E-state index < -0.39 is 34.1 Å². The summed E-state index contributed by atoms with van der Waals surface area (Å²) in [6.07, 6.45) is 0.234.